The Morgan fingerprint density at radius 3 is 2.12 bits per heavy atom. The quantitative estimate of drug-likeness (QED) is 0.648. The van der Waals surface area contributed by atoms with Crippen LogP contribution < -0.4 is 15.4 Å². The van der Waals surface area contributed by atoms with Crippen molar-refractivity contribution < 1.29 is 14.3 Å². The van der Waals surface area contributed by atoms with Gasteiger partial charge in [-0.25, -0.2) is 0 Å². The highest BCUT2D eigenvalue weighted by molar-refractivity contribution is 9.10. The summed E-state index contributed by atoms with van der Waals surface area (Å²) in [5.41, 5.74) is 1.25. The van der Waals surface area contributed by atoms with Gasteiger partial charge >= 0.3 is 0 Å². The highest BCUT2D eigenvalue weighted by atomic mass is 79.9. The van der Waals surface area contributed by atoms with Crippen LogP contribution in [0.2, 0.25) is 10.0 Å². The Bertz CT molecular complexity index is 759. The molecule has 5 nitrogen and oxygen atoms in total. The highest BCUT2D eigenvalue weighted by Crippen LogP contribution is 2.36. The molecule has 132 valence electrons. The fraction of sp³-hybridized carbons (Fsp3) is 0.176. The lowest BCUT2D eigenvalue weighted by Crippen LogP contribution is -2.20. The molecule has 2 aromatic rings. The van der Waals surface area contributed by atoms with E-state index >= 15 is 0 Å². The third-order valence-electron chi connectivity index (χ3n) is 3.08. The molecule has 25 heavy (non-hydrogen) atoms. The summed E-state index contributed by atoms with van der Waals surface area (Å²) in [5, 5.41) is 6.20. The van der Waals surface area contributed by atoms with Crippen LogP contribution in [0.4, 0.5) is 11.4 Å². The minimum Gasteiger partial charge on any atom is -0.481 e. The zero-order valence-electron chi connectivity index (χ0n) is 13.2. The van der Waals surface area contributed by atoms with Crippen LogP contribution in [-0.2, 0) is 9.59 Å². The van der Waals surface area contributed by atoms with E-state index in [0.29, 0.717) is 38.1 Å². The maximum absolute atomic E-state index is 12.0. The molecular weight excluding hydrogens is 431 g/mol. The van der Waals surface area contributed by atoms with Gasteiger partial charge in [0.05, 0.1) is 9.50 Å². The van der Waals surface area contributed by atoms with Gasteiger partial charge in [-0.2, -0.15) is 0 Å². The minimum absolute atomic E-state index is 0.0735. The second-order valence-corrected chi connectivity index (χ2v) is 6.71. The molecule has 2 rings (SSSR count). The zero-order valence-corrected chi connectivity index (χ0v) is 16.3. The van der Waals surface area contributed by atoms with Crippen molar-refractivity contribution in [1.82, 2.24) is 0 Å². The topological polar surface area (TPSA) is 67.4 Å². The Hall–Kier alpha value is -1.76. The maximum Gasteiger partial charge on any atom is 0.262 e. The first-order chi connectivity index (χ1) is 11.9. The number of carbonyl (C=O) groups excluding carboxylic acids is 2. The van der Waals surface area contributed by atoms with E-state index < -0.39 is 0 Å². The summed E-state index contributed by atoms with van der Waals surface area (Å²) in [6, 6.07) is 9.95. The van der Waals surface area contributed by atoms with Crippen LogP contribution in [-0.4, -0.2) is 18.4 Å². The fourth-order valence-corrected chi connectivity index (χ4v) is 3.26. The summed E-state index contributed by atoms with van der Waals surface area (Å²) in [6.07, 6.45) is 0.401. The van der Waals surface area contributed by atoms with Crippen molar-refractivity contribution in [2.75, 3.05) is 17.2 Å². The van der Waals surface area contributed by atoms with Gasteiger partial charge in [-0.3, -0.25) is 9.59 Å². The number of hydrogen-bond donors (Lipinski definition) is 2. The number of rotatable bonds is 6. The van der Waals surface area contributed by atoms with E-state index in [9.17, 15) is 9.59 Å². The van der Waals surface area contributed by atoms with Crippen molar-refractivity contribution >= 4 is 62.3 Å². The summed E-state index contributed by atoms with van der Waals surface area (Å²) >= 11 is 15.2. The molecule has 0 atom stereocenters. The van der Waals surface area contributed by atoms with Gasteiger partial charge in [0.25, 0.3) is 5.91 Å². The van der Waals surface area contributed by atoms with Crippen LogP contribution in [0.3, 0.4) is 0 Å². The summed E-state index contributed by atoms with van der Waals surface area (Å²) in [7, 11) is 0. The molecule has 2 N–H and O–H groups in total. The van der Waals surface area contributed by atoms with Crippen LogP contribution in [0.1, 0.15) is 13.3 Å². The largest absolute Gasteiger partial charge is 0.481 e. The summed E-state index contributed by atoms with van der Waals surface area (Å²) in [4.78, 5) is 23.3. The molecular formula is C17H15BrCl2N2O3. The average Bonchev–Trinajstić information content (AvgIpc) is 2.55. The van der Waals surface area contributed by atoms with Gasteiger partial charge in [-0.1, -0.05) is 30.1 Å². The summed E-state index contributed by atoms with van der Waals surface area (Å²) in [5.74, 6) is -0.0716. The normalized spacial score (nSPS) is 10.2. The maximum atomic E-state index is 12.0. The number of halogens is 3. The number of ether oxygens (including phenoxy) is 1. The SMILES string of the molecule is CCC(=O)Nc1ccc(NC(=O)COc2c(Cl)cc(Cl)cc2Br)cc1. The Labute approximate surface area is 163 Å². The van der Waals surface area contributed by atoms with Gasteiger partial charge in [-0.15, -0.1) is 0 Å². The van der Waals surface area contributed by atoms with Crippen LogP contribution in [0.25, 0.3) is 0 Å². The third-order valence-corrected chi connectivity index (χ3v) is 4.17. The molecule has 0 saturated carbocycles. The molecule has 2 amide bonds. The molecule has 0 fully saturated rings. The molecule has 0 saturated heterocycles. The van der Waals surface area contributed by atoms with Gasteiger partial charge in [0.15, 0.2) is 12.4 Å². The molecule has 0 bridgehead atoms. The van der Waals surface area contributed by atoms with Crippen molar-refractivity contribution in [3.05, 3.63) is 50.9 Å². The van der Waals surface area contributed by atoms with Gasteiger partial charge in [0, 0.05) is 22.8 Å². The van der Waals surface area contributed by atoms with E-state index in [2.05, 4.69) is 26.6 Å². The molecule has 8 heteroatoms. The second kappa shape index (κ2) is 9.08. The van der Waals surface area contributed by atoms with Gasteiger partial charge in [0.2, 0.25) is 5.91 Å². The van der Waals surface area contributed by atoms with E-state index in [-0.39, 0.29) is 18.4 Å². The predicted molar refractivity (Wildman–Crippen MR) is 104 cm³/mol. The fourth-order valence-electron chi connectivity index (χ4n) is 1.89. The second-order valence-electron chi connectivity index (χ2n) is 5.01. The van der Waals surface area contributed by atoms with Crippen LogP contribution in [0.5, 0.6) is 5.75 Å². The standard InChI is InChI=1S/C17H15BrCl2N2O3/c1-2-15(23)21-11-3-5-12(6-4-11)22-16(24)9-25-17-13(18)7-10(19)8-14(17)20/h3-8H,2,9H2,1H3,(H,21,23)(H,22,24). The third kappa shape index (κ3) is 5.92. The average molecular weight is 446 g/mol. The Morgan fingerprint density at radius 1 is 1.04 bits per heavy atom. The van der Waals surface area contributed by atoms with E-state index in [1.165, 1.54) is 6.07 Å². The Kier molecular flexibility index (Phi) is 7.11. The monoisotopic (exact) mass is 444 g/mol. The first-order valence-electron chi connectivity index (χ1n) is 7.36. The highest BCUT2D eigenvalue weighted by Gasteiger charge is 2.11. The number of nitrogens with one attached hydrogen (secondary N) is 2. The molecule has 2 aromatic carbocycles. The molecule has 0 radical (unpaired) electrons. The summed E-state index contributed by atoms with van der Waals surface area (Å²) < 4.78 is 6.00. The van der Waals surface area contributed by atoms with Crippen molar-refractivity contribution in [2.24, 2.45) is 0 Å². The van der Waals surface area contributed by atoms with Crippen molar-refractivity contribution in [3.63, 3.8) is 0 Å². The van der Waals surface area contributed by atoms with Crippen LogP contribution in [0.15, 0.2) is 40.9 Å². The first kappa shape index (κ1) is 19.6. The number of anilines is 2. The van der Waals surface area contributed by atoms with E-state index in [4.69, 9.17) is 27.9 Å². The molecule has 0 spiro atoms. The number of amides is 2. The molecule has 0 unspecified atom stereocenters. The number of hydrogen-bond acceptors (Lipinski definition) is 3. The smallest absolute Gasteiger partial charge is 0.262 e. The van der Waals surface area contributed by atoms with Gasteiger partial charge < -0.3 is 15.4 Å². The zero-order chi connectivity index (χ0) is 18.4. The summed E-state index contributed by atoms with van der Waals surface area (Å²) in [6.45, 7) is 1.56. The molecule has 0 heterocycles. The van der Waals surface area contributed by atoms with Crippen LogP contribution >= 0.6 is 39.1 Å². The van der Waals surface area contributed by atoms with E-state index in [0.717, 1.165) is 0 Å². The lowest BCUT2D eigenvalue weighted by molar-refractivity contribution is -0.118. The predicted octanol–water partition coefficient (Wildman–Crippen LogP) is 5.12. The first-order valence-corrected chi connectivity index (χ1v) is 8.91. The Balaban J connectivity index is 1.91. The Morgan fingerprint density at radius 2 is 1.60 bits per heavy atom. The molecule has 0 aliphatic heterocycles. The molecule has 0 aliphatic carbocycles. The van der Waals surface area contributed by atoms with Crippen molar-refractivity contribution in [3.8, 4) is 5.75 Å². The molecule has 0 aromatic heterocycles. The molecule has 0 aliphatic rings. The lowest BCUT2D eigenvalue weighted by Gasteiger charge is -2.11. The lowest BCUT2D eigenvalue weighted by atomic mass is 10.2. The van der Waals surface area contributed by atoms with Crippen molar-refractivity contribution in [2.45, 2.75) is 13.3 Å². The van der Waals surface area contributed by atoms with Gasteiger partial charge in [0.1, 0.15) is 0 Å². The van der Waals surface area contributed by atoms with Crippen molar-refractivity contribution in [1.29, 1.82) is 0 Å². The van der Waals surface area contributed by atoms with E-state index in [1.54, 1.807) is 37.3 Å². The number of benzene rings is 2. The van der Waals surface area contributed by atoms with Crippen LogP contribution in [0, 0.1) is 0 Å². The van der Waals surface area contributed by atoms with Gasteiger partial charge in [-0.05, 0) is 52.3 Å². The number of carbonyl (C=O) groups is 2. The van der Waals surface area contributed by atoms with E-state index in [1.807, 2.05) is 0 Å². The minimum atomic E-state index is -0.344.